The molecule has 124 valence electrons. The fourth-order valence-corrected chi connectivity index (χ4v) is 4.17. The Morgan fingerprint density at radius 1 is 1.05 bits per heavy atom. The Bertz CT molecular complexity index is 508. The van der Waals surface area contributed by atoms with Crippen LogP contribution in [0.2, 0.25) is 0 Å². The van der Waals surface area contributed by atoms with Crippen molar-refractivity contribution in [1.82, 2.24) is 0 Å². The topological polar surface area (TPSA) is 54.4 Å². The molecule has 0 aromatic heterocycles. The highest BCUT2D eigenvalue weighted by Crippen LogP contribution is 2.18. The standard InChI is InChI=1S/C18H28O3S/c1-2-3-4-5-6-7-9-12-17(15-19)16-22(20,21)18-13-10-8-11-14-18/h2,8,10-11,13-14,17,19H,1,3-7,9,12,15-16H2/t17-/m0/s1. The molecule has 0 unspecified atom stereocenters. The highest BCUT2D eigenvalue weighted by molar-refractivity contribution is 7.91. The Morgan fingerprint density at radius 3 is 2.32 bits per heavy atom. The lowest BCUT2D eigenvalue weighted by Crippen LogP contribution is -2.19. The molecule has 0 spiro atoms. The molecule has 0 heterocycles. The van der Waals surface area contributed by atoms with E-state index >= 15 is 0 Å². The molecule has 0 radical (unpaired) electrons. The van der Waals surface area contributed by atoms with Crippen LogP contribution in [0.25, 0.3) is 0 Å². The lowest BCUT2D eigenvalue weighted by molar-refractivity contribution is 0.228. The van der Waals surface area contributed by atoms with E-state index in [1.165, 1.54) is 12.8 Å². The van der Waals surface area contributed by atoms with Crippen LogP contribution in [0.4, 0.5) is 0 Å². The molecule has 0 saturated carbocycles. The number of hydrogen-bond donors (Lipinski definition) is 1. The van der Waals surface area contributed by atoms with Gasteiger partial charge >= 0.3 is 0 Å². The molecule has 1 atom stereocenters. The van der Waals surface area contributed by atoms with Crippen molar-refractivity contribution in [2.75, 3.05) is 12.4 Å². The van der Waals surface area contributed by atoms with Gasteiger partial charge in [-0.25, -0.2) is 8.42 Å². The van der Waals surface area contributed by atoms with Crippen molar-refractivity contribution in [3.8, 4) is 0 Å². The summed E-state index contributed by atoms with van der Waals surface area (Å²) in [6.07, 6.45) is 9.38. The largest absolute Gasteiger partial charge is 0.396 e. The first-order valence-electron chi connectivity index (χ1n) is 8.09. The molecule has 22 heavy (non-hydrogen) atoms. The Kier molecular flexibility index (Phi) is 9.09. The Balaban J connectivity index is 2.34. The highest BCUT2D eigenvalue weighted by atomic mass is 32.2. The minimum atomic E-state index is -3.30. The third kappa shape index (κ3) is 7.23. The maximum Gasteiger partial charge on any atom is 0.178 e. The second kappa shape index (κ2) is 10.6. The van der Waals surface area contributed by atoms with Crippen molar-refractivity contribution in [2.45, 2.75) is 49.8 Å². The highest BCUT2D eigenvalue weighted by Gasteiger charge is 2.20. The number of benzene rings is 1. The van der Waals surface area contributed by atoms with Crippen LogP contribution in [0.5, 0.6) is 0 Å². The van der Waals surface area contributed by atoms with Gasteiger partial charge in [0.2, 0.25) is 0 Å². The lowest BCUT2D eigenvalue weighted by Gasteiger charge is -2.14. The van der Waals surface area contributed by atoms with Crippen molar-refractivity contribution < 1.29 is 13.5 Å². The third-order valence-corrected chi connectivity index (χ3v) is 5.74. The number of hydrogen-bond acceptors (Lipinski definition) is 3. The van der Waals surface area contributed by atoms with Gasteiger partial charge in [0.15, 0.2) is 9.84 Å². The fraction of sp³-hybridized carbons (Fsp3) is 0.556. The average molecular weight is 324 g/mol. The van der Waals surface area contributed by atoms with Gasteiger partial charge in [0, 0.05) is 6.61 Å². The van der Waals surface area contributed by atoms with Crippen LogP contribution in [0.3, 0.4) is 0 Å². The van der Waals surface area contributed by atoms with Crippen LogP contribution < -0.4 is 0 Å². The second-order valence-corrected chi connectivity index (χ2v) is 7.81. The molecule has 0 aliphatic carbocycles. The molecule has 0 bridgehead atoms. The number of aliphatic hydroxyl groups is 1. The van der Waals surface area contributed by atoms with E-state index < -0.39 is 9.84 Å². The average Bonchev–Trinajstić information content (AvgIpc) is 2.53. The fourth-order valence-electron chi connectivity index (χ4n) is 2.51. The Hall–Kier alpha value is -1.13. The zero-order chi connectivity index (χ0) is 16.3. The van der Waals surface area contributed by atoms with Gasteiger partial charge in [0.25, 0.3) is 0 Å². The summed E-state index contributed by atoms with van der Waals surface area (Å²) in [7, 11) is -3.30. The summed E-state index contributed by atoms with van der Waals surface area (Å²) in [5, 5.41) is 9.43. The first-order chi connectivity index (χ1) is 10.6. The molecular formula is C18H28O3S. The molecule has 3 nitrogen and oxygen atoms in total. The van der Waals surface area contributed by atoms with E-state index in [2.05, 4.69) is 6.58 Å². The first kappa shape index (κ1) is 18.9. The normalized spacial score (nSPS) is 13.0. The molecule has 0 fully saturated rings. The van der Waals surface area contributed by atoms with E-state index in [1.54, 1.807) is 30.3 Å². The molecule has 4 heteroatoms. The number of unbranched alkanes of at least 4 members (excludes halogenated alkanes) is 5. The maximum atomic E-state index is 12.3. The van der Waals surface area contributed by atoms with E-state index in [-0.39, 0.29) is 18.3 Å². The lowest BCUT2D eigenvalue weighted by atomic mass is 10.0. The minimum Gasteiger partial charge on any atom is -0.396 e. The summed E-state index contributed by atoms with van der Waals surface area (Å²) < 4.78 is 24.6. The summed E-state index contributed by atoms with van der Waals surface area (Å²) in [5.41, 5.74) is 0. The monoisotopic (exact) mass is 324 g/mol. The van der Waals surface area contributed by atoms with Crippen molar-refractivity contribution in [3.63, 3.8) is 0 Å². The molecule has 0 aliphatic heterocycles. The van der Waals surface area contributed by atoms with Crippen LogP contribution in [-0.4, -0.2) is 25.9 Å². The van der Waals surface area contributed by atoms with Crippen LogP contribution in [0.1, 0.15) is 44.9 Å². The number of rotatable bonds is 12. The first-order valence-corrected chi connectivity index (χ1v) is 9.75. The summed E-state index contributed by atoms with van der Waals surface area (Å²) in [5.74, 6) is -0.136. The number of allylic oxidation sites excluding steroid dienone is 1. The smallest absolute Gasteiger partial charge is 0.178 e. The summed E-state index contributed by atoms with van der Waals surface area (Å²) in [6, 6.07) is 8.48. The van der Waals surface area contributed by atoms with Crippen molar-refractivity contribution in [3.05, 3.63) is 43.0 Å². The summed E-state index contributed by atoms with van der Waals surface area (Å²) in [4.78, 5) is 0.345. The number of sulfone groups is 1. The van der Waals surface area contributed by atoms with Gasteiger partial charge in [-0.15, -0.1) is 6.58 Å². The zero-order valence-electron chi connectivity index (χ0n) is 13.3. The summed E-state index contributed by atoms with van der Waals surface area (Å²) in [6.45, 7) is 3.64. The predicted molar refractivity (Wildman–Crippen MR) is 91.6 cm³/mol. The molecule has 0 amide bonds. The minimum absolute atomic E-state index is 0.0317. The van der Waals surface area contributed by atoms with Gasteiger partial charge in [-0.1, -0.05) is 50.0 Å². The van der Waals surface area contributed by atoms with E-state index in [4.69, 9.17) is 0 Å². The van der Waals surface area contributed by atoms with Crippen LogP contribution in [0, 0.1) is 5.92 Å². The van der Waals surface area contributed by atoms with E-state index in [1.807, 2.05) is 6.08 Å². The van der Waals surface area contributed by atoms with Gasteiger partial charge in [0.1, 0.15) is 0 Å². The number of aliphatic hydroxyl groups excluding tert-OH is 1. The van der Waals surface area contributed by atoms with Crippen molar-refractivity contribution in [1.29, 1.82) is 0 Å². The Labute approximate surface area is 135 Å². The molecule has 1 aromatic rings. The predicted octanol–water partition coefficient (Wildman–Crippen LogP) is 3.99. The zero-order valence-corrected chi connectivity index (χ0v) is 14.1. The SMILES string of the molecule is C=CCCCCCCC[C@@H](CO)CS(=O)(=O)c1ccccc1. The molecule has 0 aliphatic rings. The van der Waals surface area contributed by atoms with Crippen LogP contribution >= 0.6 is 0 Å². The second-order valence-electron chi connectivity index (χ2n) is 5.78. The van der Waals surface area contributed by atoms with Crippen LogP contribution in [0.15, 0.2) is 47.9 Å². The molecule has 1 N–H and O–H groups in total. The van der Waals surface area contributed by atoms with E-state index in [0.29, 0.717) is 4.90 Å². The van der Waals surface area contributed by atoms with E-state index in [0.717, 1.165) is 32.1 Å². The molecule has 0 saturated heterocycles. The maximum absolute atomic E-state index is 12.3. The van der Waals surface area contributed by atoms with Gasteiger partial charge in [0.05, 0.1) is 10.6 Å². The van der Waals surface area contributed by atoms with Crippen molar-refractivity contribution in [2.24, 2.45) is 5.92 Å². The van der Waals surface area contributed by atoms with Gasteiger partial charge < -0.3 is 5.11 Å². The van der Waals surface area contributed by atoms with Crippen molar-refractivity contribution >= 4 is 9.84 Å². The summed E-state index contributed by atoms with van der Waals surface area (Å²) >= 11 is 0. The third-order valence-electron chi connectivity index (χ3n) is 3.84. The van der Waals surface area contributed by atoms with Gasteiger partial charge in [-0.2, -0.15) is 0 Å². The van der Waals surface area contributed by atoms with Crippen LogP contribution in [-0.2, 0) is 9.84 Å². The van der Waals surface area contributed by atoms with Gasteiger partial charge in [-0.3, -0.25) is 0 Å². The molecular weight excluding hydrogens is 296 g/mol. The van der Waals surface area contributed by atoms with E-state index in [9.17, 15) is 13.5 Å². The quantitative estimate of drug-likeness (QED) is 0.467. The molecule has 1 aromatic carbocycles. The molecule has 1 rings (SSSR count). The Morgan fingerprint density at radius 2 is 1.68 bits per heavy atom. The van der Waals surface area contributed by atoms with Gasteiger partial charge in [-0.05, 0) is 37.3 Å².